The van der Waals surface area contributed by atoms with Crippen LogP contribution in [-0.2, 0) is 14.3 Å². The quantitative estimate of drug-likeness (QED) is 0.140. The zero-order valence-corrected chi connectivity index (χ0v) is 30.0. The summed E-state index contributed by atoms with van der Waals surface area (Å²) in [6.45, 7) is 8.45. The number of nitrogens with two attached hydrogens (primary N) is 3. The number of carboxylic acids is 1. The fourth-order valence-corrected chi connectivity index (χ4v) is 13.2. The summed E-state index contributed by atoms with van der Waals surface area (Å²) in [4.78, 5) is 26.1. The van der Waals surface area contributed by atoms with Crippen molar-refractivity contribution < 1.29 is 24.5 Å². The summed E-state index contributed by atoms with van der Waals surface area (Å²) < 4.78 is 6.12. The van der Waals surface area contributed by atoms with E-state index in [-0.39, 0.29) is 41.2 Å². The Morgan fingerprint density at radius 3 is 2.41 bits per heavy atom. The number of allylic oxidation sites excluding steroid dienone is 2. The van der Waals surface area contributed by atoms with E-state index in [9.17, 15) is 19.8 Å². The number of aliphatic hydroxyl groups excluding tert-OH is 1. The number of carboxylic acid groups (broad SMARTS) is 1. The summed E-state index contributed by atoms with van der Waals surface area (Å²) in [5.41, 5.74) is 24.0. The van der Waals surface area contributed by atoms with Crippen molar-refractivity contribution in [2.24, 2.45) is 67.3 Å². The number of nitrogens with zero attached hydrogens (tertiary/aromatic N) is 2. The lowest BCUT2D eigenvalue weighted by molar-refractivity contribution is -0.202. The van der Waals surface area contributed by atoms with Crippen LogP contribution in [0.1, 0.15) is 118 Å². The Kier molecular flexibility index (Phi) is 8.85. The van der Waals surface area contributed by atoms with Crippen LogP contribution in [-0.4, -0.2) is 58.5 Å². The van der Waals surface area contributed by atoms with Crippen LogP contribution in [0.15, 0.2) is 44.3 Å². The van der Waals surface area contributed by atoms with Crippen LogP contribution < -0.4 is 17.2 Å². The van der Waals surface area contributed by atoms with Gasteiger partial charge < -0.3 is 32.2 Å². The number of hydrogen-bond acceptors (Lipinski definition) is 9. The lowest BCUT2D eigenvalue weighted by Gasteiger charge is -2.70. The van der Waals surface area contributed by atoms with Crippen molar-refractivity contribution in [3.63, 3.8) is 0 Å². The molecule has 6 aliphatic carbocycles. The number of aliphatic hydroxyl groups is 1. The molecule has 10 heteroatoms. The zero-order valence-electron chi connectivity index (χ0n) is 30.0. The molecule has 10 nitrogen and oxygen atoms in total. The topological polar surface area (TPSA) is 187 Å². The molecule has 0 radical (unpaired) electrons. The van der Waals surface area contributed by atoms with Crippen molar-refractivity contribution in [1.82, 2.24) is 0 Å². The maximum Gasteiger partial charge on any atom is 0.331 e. The van der Waals surface area contributed by atoms with Gasteiger partial charge in [0.1, 0.15) is 6.10 Å². The van der Waals surface area contributed by atoms with Gasteiger partial charge in [-0.25, -0.2) is 4.79 Å². The third-order valence-electron chi connectivity index (χ3n) is 15.4. The second-order valence-corrected chi connectivity index (χ2v) is 17.6. The lowest BCUT2D eigenvalue weighted by Crippen LogP contribution is -2.76. The third kappa shape index (κ3) is 5.16. The van der Waals surface area contributed by atoms with Crippen molar-refractivity contribution >= 4 is 11.9 Å². The molecule has 8 N–H and O–H groups in total. The highest BCUT2D eigenvalue weighted by molar-refractivity contribution is 5.89. The molecule has 12 atom stereocenters. The minimum absolute atomic E-state index is 0.0814. The van der Waals surface area contributed by atoms with Crippen LogP contribution >= 0.6 is 0 Å². The number of aliphatic carboxylic acids is 1. The van der Waals surface area contributed by atoms with Gasteiger partial charge in [-0.15, -0.1) is 0 Å². The summed E-state index contributed by atoms with van der Waals surface area (Å²) in [5, 5.41) is 31.7. The number of rotatable bonds is 5. The number of hydrogen-bond donors (Lipinski definition) is 5. The van der Waals surface area contributed by atoms with Crippen LogP contribution in [0.4, 0.5) is 0 Å². The maximum atomic E-state index is 13.5. The van der Waals surface area contributed by atoms with Gasteiger partial charge in [0.2, 0.25) is 0 Å². The number of azo groups is 1. The van der Waals surface area contributed by atoms with Gasteiger partial charge in [-0.3, -0.25) is 4.79 Å². The average molecular weight is 678 g/mol. The second kappa shape index (κ2) is 12.4. The van der Waals surface area contributed by atoms with Gasteiger partial charge in [-0.2, -0.15) is 10.2 Å². The first kappa shape index (κ1) is 35.0. The third-order valence-corrected chi connectivity index (χ3v) is 15.4. The highest BCUT2D eigenvalue weighted by Gasteiger charge is 2.73. The summed E-state index contributed by atoms with van der Waals surface area (Å²) >= 11 is 0. The van der Waals surface area contributed by atoms with E-state index in [1.54, 1.807) is 5.57 Å². The molecule has 0 saturated heterocycles. The van der Waals surface area contributed by atoms with Gasteiger partial charge >= 0.3 is 11.9 Å². The highest BCUT2D eigenvalue weighted by atomic mass is 16.5. The van der Waals surface area contributed by atoms with E-state index in [0.717, 1.165) is 62.6 Å². The predicted molar refractivity (Wildman–Crippen MR) is 187 cm³/mol. The number of carbonyl (C=O) groups excluding carboxylic acids is 1. The van der Waals surface area contributed by atoms with Crippen LogP contribution in [0, 0.1) is 39.9 Å². The van der Waals surface area contributed by atoms with E-state index in [1.165, 1.54) is 25.3 Å². The van der Waals surface area contributed by atoms with Crippen molar-refractivity contribution in [1.29, 1.82) is 0 Å². The fraction of sp³-hybridized carbons (Fsp3) is 0.795. The minimum Gasteiger partial charge on any atom is -0.478 e. The summed E-state index contributed by atoms with van der Waals surface area (Å²) in [6.07, 6.45) is 13.1. The Morgan fingerprint density at radius 2 is 1.76 bits per heavy atom. The normalized spacial score (nSPS) is 47.3. The molecule has 2 unspecified atom stereocenters. The van der Waals surface area contributed by atoms with Crippen molar-refractivity contribution in [2.75, 3.05) is 6.54 Å². The van der Waals surface area contributed by atoms with Crippen molar-refractivity contribution in [3.05, 3.63) is 34.1 Å². The Hall–Kier alpha value is -2.40. The van der Waals surface area contributed by atoms with Crippen LogP contribution in [0.25, 0.3) is 0 Å². The maximum absolute atomic E-state index is 13.5. The molecule has 7 rings (SSSR count). The second-order valence-electron chi connectivity index (χ2n) is 17.6. The zero-order chi connectivity index (χ0) is 35.1. The number of esters is 1. The predicted octanol–water partition coefficient (Wildman–Crippen LogP) is 5.69. The Morgan fingerprint density at radius 1 is 1.04 bits per heavy atom. The van der Waals surface area contributed by atoms with Crippen LogP contribution in [0.5, 0.6) is 0 Å². The highest BCUT2D eigenvalue weighted by Crippen LogP contribution is 2.72. The first-order valence-electron chi connectivity index (χ1n) is 19.1. The number of fused-ring (bicyclic) bond motifs is 5. The SMILES string of the molecule is CC(=O)O[C@H]1C[C@@]2(C)[C@@H](C[C@@H](N)[C@H]3[C@@]4(C)CC[C@@H](O)[C@](C)(C5C=C(CN)N=N5)[C@@H]4CC[C@@]32N)/C1=C(/C(=O)O)C1CCCC(=C2CCCC2)C1. The molecule has 6 saturated carbocycles. The van der Waals surface area contributed by atoms with Gasteiger partial charge in [0, 0.05) is 36.0 Å². The number of carbonyl (C=O) groups is 2. The summed E-state index contributed by atoms with van der Waals surface area (Å²) in [5.74, 6) is -1.61. The standard InChI is InChI=1S/C39H59N5O5/c1-21(45)49-28-19-37(3)26(33(28)32(35(47)48)24-11-7-10-23(16-24)22-8-5-6-9-22)18-27(41)34-36(2)14-13-31(46)38(4,29(36)12-15-39(34,37)42)30-17-25(20-40)43-44-30/h17,24,26-31,34,46H,5-16,18-20,40-42H2,1-4H3,(H,47,48)/b33-32-/t24?,26-,27+,28-,29+,30?,31+,34-,36-,37-,38-,39+/m0/s1. The largest absolute Gasteiger partial charge is 0.478 e. The summed E-state index contributed by atoms with van der Waals surface area (Å²) in [6, 6.07) is -0.564. The summed E-state index contributed by atoms with van der Waals surface area (Å²) in [7, 11) is 0. The average Bonchev–Trinajstić information content (AvgIpc) is 3.81. The molecule has 0 aromatic heterocycles. The molecule has 0 aromatic rings. The van der Waals surface area contributed by atoms with Gasteiger partial charge in [-0.05, 0) is 136 Å². The van der Waals surface area contributed by atoms with E-state index < -0.39 is 40.5 Å². The minimum atomic E-state index is -0.899. The van der Waals surface area contributed by atoms with E-state index in [0.29, 0.717) is 37.8 Å². The number of ether oxygens (including phenoxy) is 1. The molecule has 0 bridgehead atoms. The van der Waals surface area contributed by atoms with Gasteiger partial charge in [-0.1, -0.05) is 31.9 Å². The molecule has 0 spiro atoms. The molecule has 0 aromatic carbocycles. The Labute approximate surface area is 291 Å². The molecule has 1 heterocycles. The molecule has 6 fully saturated rings. The molecule has 0 amide bonds. The molecule has 1 aliphatic heterocycles. The van der Waals surface area contributed by atoms with E-state index in [1.807, 2.05) is 6.08 Å². The first-order valence-corrected chi connectivity index (χ1v) is 19.1. The fourth-order valence-electron chi connectivity index (χ4n) is 13.2. The molecule has 49 heavy (non-hydrogen) atoms. The molecular weight excluding hydrogens is 618 g/mol. The monoisotopic (exact) mass is 677 g/mol. The van der Waals surface area contributed by atoms with E-state index >= 15 is 0 Å². The molecule has 270 valence electrons. The lowest BCUT2D eigenvalue weighted by atomic mass is 9.36. The van der Waals surface area contributed by atoms with Gasteiger partial charge in [0.25, 0.3) is 0 Å². The van der Waals surface area contributed by atoms with Crippen molar-refractivity contribution in [3.8, 4) is 0 Å². The molecular formula is C39H59N5O5. The van der Waals surface area contributed by atoms with E-state index in [2.05, 4.69) is 31.0 Å². The van der Waals surface area contributed by atoms with Crippen LogP contribution in [0.3, 0.4) is 0 Å². The molecule has 7 aliphatic rings. The van der Waals surface area contributed by atoms with E-state index in [4.69, 9.17) is 21.9 Å². The van der Waals surface area contributed by atoms with Crippen LogP contribution in [0.2, 0.25) is 0 Å². The van der Waals surface area contributed by atoms with Gasteiger partial charge in [0.05, 0.1) is 17.8 Å². The Balaban J connectivity index is 1.30. The smallest absolute Gasteiger partial charge is 0.331 e. The first-order chi connectivity index (χ1) is 23.2. The Bertz CT molecular complexity index is 1510. The van der Waals surface area contributed by atoms with Gasteiger partial charge in [0.15, 0.2) is 0 Å². The van der Waals surface area contributed by atoms with Crippen molar-refractivity contribution in [2.45, 2.75) is 147 Å².